The number of nitrogens with zero attached hydrogens (tertiary/aromatic N) is 5. The molecule has 6 nitrogen and oxygen atoms in total. The zero-order valence-electron chi connectivity index (χ0n) is 19.5. The molecule has 2 aromatic carbocycles. The second-order valence-electron chi connectivity index (χ2n) is 9.39. The first-order valence-corrected chi connectivity index (χ1v) is 12.0. The van der Waals surface area contributed by atoms with E-state index in [-0.39, 0.29) is 5.91 Å². The molecule has 174 valence electrons. The average Bonchev–Trinajstić information content (AvgIpc) is 3.27. The Morgan fingerprint density at radius 1 is 1.09 bits per heavy atom. The van der Waals surface area contributed by atoms with E-state index in [2.05, 4.69) is 47.0 Å². The van der Waals surface area contributed by atoms with Gasteiger partial charge in [0.1, 0.15) is 0 Å². The van der Waals surface area contributed by atoms with Crippen LogP contribution in [-0.4, -0.2) is 80.5 Å². The van der Waals surface area contributed by atoms with Gasteiger partial charge in [-0.1, -0.05) is 11.6 Å². The van der Waals surface area contributed by atoms with Crippen LogP contribution in [0.1, 0.15) is 27.9 Å². The second kappa shape index (κ2) is 10.6. The van der Waals surface area contributed by atoms with E-state index in [0.717, 1.165) is 50.4 Å². The van der Waals surface area contributed by atoms with Crippen LogP contribution in [-0.2, 0) is 6.54 Å². The Morgan fingerprint density at radius 3 is 2.48 bits per heavy atom. The maximum Gasteiger partial charge on any atom is 0.253 e. The molecule has 0 saturated carbocycles. The summed E-state index contributed by atoms with van der Waals surface area (Å²) in [5.74, 6) is 0.734. The first-order valence-electron chi connectivity index (χ1n) is 11.6. The molecule has 2 aliphatic heterocycles. The van der Waals surface area contributed by atoms with Gasteiger partial charge in [-0.3, -0.25) is 9.69 Å². The molecule has 0 spiro atoms. The lowest BCUT2D eigenvalue weighted by Crippen LogP contribution is -2.48. The fourth-order valence-corrected chi connectivity index (χ4v) is 5.00. The van der Waals surface area contributed by atoms with E-state index < -0.39 is 0 Å². The number of hydrogen-bond donors (Lipinski definition) is 0. The Labute approximate surface area is 201 Å². The molecule has 1 unspecified atom stereocenters. The van der Waals surface area contributed by atoms with Gasteiger partial charge in [0.2, 0.25) is 0 Å². The molecule has 0 aliphatic carbocycles. The molecule has 2 aliphatic rings. The van der Waals surface area contributed by atoms with Crippen molar-refractivity contribution in [3.05, 3.63) is 64.2 Å². The normalized spacial score (nSPS) is 19.2. The molecule has 4 rings (SSSR count). The van der Waals surface area contributed by atoms with Crippen LogP contribution in [0.25, 0.3) is 0 Å². The van der Waals surface area contributed by atoms with Crippen molar-refractivity contribution < 1.29 is 4.79 Å². The van der Waals surface area contributed by atoms with E-state index in [1.165, 1.54) is 12.1 Å². The summed E-state index contributed by atoms with van der Waals surface area (Å²) in [6.45, 7) is 6.92. The van der Waals surface area contributed by atoms with Crippen LogP contribution in [0.15, 0.2) is 42.5 Å². The third-order valence-electron chi connectivity index (χ3n) is 6.63. The monoisotopic (exact) mass is 465 g/mol. The maximum atomic E-state index is 12.8. The van der Waals surface area contributed by atoms with Crippen molar-refractivity contribution in [3.63, 3.8) is 0 Å². The van der Waals surface area contributed by atoms with Gasteiger partial charge >= 0.3 is 0 Å². The molecule has 2 aromatic rings. The molecule has 0 bridgehead atoms. The van der Waals surface area contributed by atoms with E-state index in [1.807, 2.05) is 11.0 Å². The summed E-state index contributed by atoms with van der Waals surface area (Å²) < 4.78 is 0. The molecule has 0 radical (unpaired) electrons. The van der Waals surface area contributed by atoms with E-state index in [0.29, 0.717) is 29.6 Å². The number of carbonyl (C=O) groups excluding carboxylic acids is 1. The summed E-state index contributed by atoms with van der Waals surface area (Å²) >= 11 is 5.94. The predicted octanol–water partition coefficient (Wildman–Crippen LogP) is 3.56. The maximum absolute atomic E-state index is 12.8. The highest BCUT2D eigenvalue weighted by Crippen LogP contribution is 2.27. The lowest BCUT2D eigenvalue weighted by molar-refractivity contribution is 0.0628. The minimum atomic E-state index is 0.0485. The molecule has 0 N–H and O–H groups in total. The van der Waals surface area contributed by atoms with Gasteiger partial charge in [0.05, 0.1) is 11.6 Å². The Balaban J connectivity index is 1.37. The van der Waals surface area contributed by atoms with Gasteiger partial charge in [-0.15, -0.1) is 0 Å². The number of hydrogen-bond acceptors (Lipinski definition) is 5. The molecular formula is C26H32ClN5O. The number of rotatable bonds is 6. The van der Waals surface area contributed by atoms with Gasteiger partial charge in [-0.25, -0.2) is 0 Å². The number of piperazine rings is 1. The van der Waals surface area contributed by atoms with Gasteiger partial charge in [0.15, 0.2) is 0 Å². The number of halogens is 1. The molecule has 1 amide bonds. The second-order valence-corrected chi connectivity index (χ2v) is 9.83. The van der Waals surface area contributed by atoms with Gasteiger partial charge in [0, 0.05) is 68.6 Å². The van der Waals surface area contributed by atoms with Gasteiger partial charge < -0.3 is 14.7 Å². The average molecular weight is 466 g/mol. The Morgan fingerprint density at radius 2 is 1.82 bits per heavy atom. The molecule has 2 heterocycles. The van der Waals surface area contributed by atoms with E-state index in [1.54, 1.807) is 24.3 Å². The van der Waals surface area contributed by atoms with Crippen molar-refractivity contribution in [1.82, 2.24) is 14.7 Å². The number of anilines is 1. The summed E-state index contributed by atoms with van der Waals surface area (Å²) in [6.07, 6.45) is 1.21. The van der Waals surface area contributed by atoms with Crippen molar-refractivity contribution in [3.8, 4) is 6.07 Å². The number of nitriles is 1. The molecule has 0 aromatic heterocycles. The SMILES string of the molecule is CN(C)CC1CCN(c2ccc(C#N)c(CN3CCN(C(=O)c4ccc(Cl)cc4)CC3)c2)C1. The lowest BCUT2D eigenvalue weighted by atomic mass is 10.1. The van der Waals surface area contributed by atoms with Crippen molar-refractivity contribution >= 4 is 23.2 Å². The molecule has 1 atom stereocenters. The van der Waals surface area contributed by atoms with E-state index in [9.17, 15) is 10.1 Å². The first-order chi connectivity index (χ1) is 15.9. The highest BCUT2D eigenvalue weighted by atomic mass is 35.5. The Hall–Kier alpha value is -2.59. The van der Waals surface area contributed by atoms with Crippen LogP contribution in [0.2, 0.25) is 5.02 Å². The summed E-state index contributed by atoms with van der Waals surface area (Å²) in [4.78, 5) is 21.7. The molecular weight excluding hydrogens is 434 g/mol. The molecule has 2 fully saturated rings. The quantitative estimate of drug-likeness (QED) is 0.653. The number of carbonyl (C=O) groups is 1. The molecule has 33 heavy (non-hydrogen) atoms. The Bertz CT molecular complexity index is 1010. The van der Waals surface area contributed by atoms with Crippen LogP contribution in [0, 0.1) is 17.2 Å². The van der Waals surface area contributed by atoms with Gasteiger partial charge in [-0.2, -0.15) is 5.26 Å². The summed E-state index contributed by atoms with van der Waals surface area (Å²) in [6, 6.07) is 15.7. The zero-order chi connectivity index (χ0) is 23.4. The van der Waals surface area contributed by atoms with Crippen LogP contribution in [0.4, 0.5) is 5.69 Å². The highest BCUT2D eigenvalue weighted by Gasteiger charge is 2.25. The smallest absolute Gasteiger partial charge is 0.253 e. The third-order valence-corrected chi connectivity index (χ3v) is 6.88. The first kappa shape index (κ1) is 23.6. The molecule has 7 heteroatoms. The summed E-state index contributed by atoms with van der Waals surface area (Å²) in [7, 11) is 4.26. The fourth-order valence-electron chi connectivity index (χ4n) is 4.87. The van der Waals surface area contributed by atoms with Crippen LogP contribution >= 0.6 is 11.6 Å². The van der Waals surface area contributed by atoms with Crippen molar-refractivity contribution in [2.24, 2.45) is 5.92 Å². The van der Waals surface area contributed by atoms with Crippen molar-refractivity contribution in [2.45, 2.75) is 13.0 Å². The van der Waals surface area contributed by atoms with E-state index in [4.69, 9.17) is 11.6 Å². The van der Waals surface area contributed by atoms with Crippen LogP contribution in [0.5, 0.6) is 0 Å². The largest absolute Gasteiger partial charge is 0.371 e. The third kappa shape index (κ3) is 5.86. The van der Waals surface area contributed by atoms with Gasteiger partial charge in [-0.05, 0) is 74.5 Å². The van der Waals surface area contributed by atoms with Crippen LogP contribution < -0.4 is 4.90 Å². The lowest BCUT2D eigenvalue weighted by Gasteiger charge is -2.35. The predicted molar refractivity (Wildman–Crippen MR) is 133 cm³/mol. The fraction of sp³-hybridized carbons (Fsp3) is 0.462. The summed E-state index contributed by atoms with van der Waals surface area (Å²) in [5.41, 5.74) is 3.69. The highest BCUT2D eigenvalue weighted by molar-refractivity contribution is 6.30. The van der Waals surface area contributed by atoms with E-state index >= 15 is 0 Å². The molecule has 2 saturated heterocycles. The minimum Gasteiger partial charge on any atom is -0.371 e. The minimum absolute atomic E-state index is 0.0485. The Kier molecular flexibility index (Phi) is 7.54. The standard InChI is InChI=1S/C26H32ClN5O/c1-29(2)17-20-9-10-32(18-20)25-8-5-22(16-28)23(15-25)19-30-11-13-31(14-12-30)26(33)21-3-6-24(27)7-4-21/h3-8,15,20H,9-14,17-19H2,1-2H3. The van der Waals surface area contributed by atoms with Crippen LogP contribution in [0.3, 0.4) is 0 Å². The van der Waals surface area contributed by atoms with Crippen molar-refractivity contribution in [2.75, 3.05) is 64.8 Å². The number of amides is 1. The van der Waals surface area contributed by atoms with Crippen molar-refractivity contribution in [1.29, 1.82) is 5.26 Å². The zero-order valence-corrected chi connectivity index (χ0v) is 20.3. The topological polar surface area (TPSA) is 53.8 Å². The summed E-state index contributed by atoms with van der Waals surface area (Å²) in [5, 5.41) is 10.3. The number of benzene rings is 2. The van der Waals surface area contributed by atoms with Gasteiger partial charge in [0.25, 0.3) is 5.91 Å².